The van der Waals surface area contributed by atoms with Crippen LogP contribution in [0.2, 0.25) is 0 Å². The second kappa shape index (κ2) is 9.64. The van der Waals surface area contributed by atoms with E-state index in [4.69, 9.17) is 25.8 Å². The van der Waals surface area contributed by atoms with E-state index in [1.165, 1.54) is 0 Å². The van der Waals surface area contributed by atoms with Crippen LogP contribution in [0.1, 0.15) is 11.1 Å². The topological polar surface area (TPSA) is 86.4 Å². The summed E-state index contributed by atoms with van der Waals surface area (Å²) in [5.41, 5.74) is 6.98. The molecule has 0 bridgehead atoms. The quantitative estimate of drug-likeness (QED) is 0.250. The zero-order valence-electron chi connectivity index (χ0n) is 21.5. The lowest BCUT2D eigenvalue weighted by Crippen LogP contribution is -2.16. The van der Waals surface area contributed by atoms with Gasteiger partial charge in [-0.25, -0.2) is 15.0 Å². The van der Waals surface area contributed by atoms with E-state index in [0.29, 0.717) is 17.5 Å². The summed E-state index contributed by atoms with van der Waals surface area (Å²) in [6, 6.07) is 38.6. The van der Waals surface area contributed by atoms with Gasteiger partial charge in [0.25, 0.3) is 0 Å². The highest BCUT2D eigenvalue weighted by Crippen LogP contribution is 2.32. The number of benzene rings is 5. The molecule has 5 nitrogen and oxygen atoms in total. The van der Waals surface area contributed by atoms with Gasteiger partial charge in [-0.2, -0.15) is 0 Å². The van der Waals surface area contributed by atoms with Gasteiger partial charge in [-0.3, -0.25) is 10.8 Å². The maximum Gasteiger partial charge on any atom is 0.164 e. The predicted octanol–water partition coefficient (Wildman–Crippen LogP) is 8.11. The van der Waals surface area contributed by atoms with E-state index < -0.39 is 0 Å². The van der Waals surface area contributed by atoms with Crippen LogP contribution in [0.25, 0.3) is 62.1 Å². The molecule has 1 aliphatic rings. The molecule has 0 fully saturated rings. The average molecular weight is 514 g/mol. The molecule has 1 heterocycles. The molecule has 1 aliphatic carbocycles. The highest BCUT2D eigenvalue weighted by atomic mass is 15.0. The van der Waals surface area contributed by atoms with Gasteiger partial charge in [0.1, 0.15) is 0 Å². The van der Waals surface area contributed by atoms with Gasteiger partial charge in [0.15, 0.2) is 17.5 Å². The Hall–Kier alpha value is -5.55. The lowest BCUT2D eigenvalue weighted by Gasteiger charge is -2.16. The van der Waals surface area contributed by atoms with Crippen molar-refractivity contribution in [1.82, 2.24) is 15.0 Å². The summed E-state index contributed by atoms with van der Waals surface area (Å²) in [7, 11) is 0. The summed E-state index contributed by atoms with van der Waals surface area (Å²) in [6.07, 6.45) is 3.57. The third-order valence-corrected chi connectivity index (χ3v) is 7.16. The number of rotatable bonds is 4. The first-order valence-electron chi connectivity index (χ1n) is 13.0. The standard InChI is InChI=1S/C35H23N5/c36-30-19-18-24-16-14-23-15-17-28(21-29(23)31(24)32(30)37)35-39-33(25-10-5-2-6-11-25)38-34(40-35)27-13-7-12-26(20-27)22-8-3-1-4-9-22/h1-21,36-37H. The molecule has 2 N–H and O–H groups in total. The Labute approximate surface area is 231 Å². The van der Waals surface area contributed by atoms with Crippen LogP contribution in [0.15, 0.2) is 121 Å². The van der Waals surface area contributed by atoms with Gasteiger partial charge < -0.3 is 0 Å². The lowest BCUT2D eigenvalue weighted by molar-refractivity contribution is 1.07. The number of fused-ring (bicyclic) bond motifs is 3. The van der Waals surface area contributed by atoms with Gasteiger partial charge in [0.2, 0.25) is 0 Å². The van der Waals surface area contributed by atoms with Crippen LogP contribution >= 0.6 is 0 Å². The largest absolute Gasteiger partial charge is 0.299 e. The van der Waals surface area contributed by atoms with E-state index in [1.54, 1.807) is 6.08 Å². The van der Waals surface area contributed by atoms with Crippen LogP contribution in [0.3, 0.4) is 0 Å². The van der Waals surface area contributed by atoms with Crippen molar-refractivity contribution in [2.75, 3.05) is 0 Å². The lowest BCUT2D eigenvalue weighted by atomic mass is 9.89. The summed E-state index contributed by atoms with van der Waals surface area (Å²) >= 11 is 0. The zero-order valence-corrected chi connectivity index (χ0v) is 21.5. The van der Waals surface area contributed by atoms with Gasteiger partial charge >= 0.3 is 0 Å². The van der Waals surface area contributed by atoms with Crippen molar-refractivity contribution < 1.29 is 0 Å². The zero-order chi connectivity index (χ0) is 27.1. The van der Waals surface area contributed by atoms with Gasteiger partial charge in [-0.15, -0.1) is 0 Å². The molecule has 0 amide bonds. The fourth-order valence-corrected chi connectivity index (χ4v) is 5.10. The molecule has 5 heteroatoms. The highest BCUT2D eigenvalue weighted by Gasteiger charge is 2.19. The van der Waals surface area contributed by atoms with Crippen molar-refractivity contribution in [3.63, 3.8) is 0 Å². The van der Waals surface area contributed by atoms with E-state index in [-0.39, 0.29) is 11.4 Å². The Bertz CT molecular complexity index is 1980. The Balaban J connectivity index is 1.42. The third-order valence-electron chi connectivity index (χ3n) is 7.16. The maximum absolute atomic E-state index is 8.60. The van der Waals surface area contributed by atoms with Crippen LogP contribution in [0, 0.1) is 10.8 Å². The predicted molar refractivity (Wildman–Crippen MR) is 163 cm³/mol. The molecular weight excluding hydrogens is 490 g/mol. The van der Waals surface area contributed by atoms with Crippen LogP contribution in [-0.2, 0) is 0 Å². The molecule has 0 atom stereocenters. The number of hydrogen-bond donors (Lipinski definition) is 2. The Morgan fingerprint density at radius 2 is 1.02 bits per heavy atom. The molecule has 7 rings (SSSR count). The van der Waals surface area contributed by atoms with Gasteiger partial charge in [0, 0.05) is 22.3 Å². The maximum atomic E-state index is 8.60. The second-order valence-electron chi connectivity index (χ2n) is 9.71. The molecule has 0 radical (unpaired) electrons. The van der Waals surface area contributed by atoms with Gasteiger partial charge in [-0.1, -0.05) is 109 Å². The first-order chi connectivity index (χ1) is 19.6. The Morgan fingerprint density at radius 3 is 1.75 bits per heavy atom. The van der Waals surface area contributed by atoms with E-state index in [2.05, 4.69) is 24.3 Å². The highest BCUT2D eigenvalue weighted by molar-refractivity contribution is 6.53. The van der Waals surface area contributed by atoms with Crippen molar-refractivity contribution in [2.45, 2.75) is 0 Å². The fourth-order valence-electron chi connectivity index (χ4n) is 5.10. The monoisotopic (exact) mass is 513 g/mol. The van der Waals surface area contributed by atoms with E-state index in [0.717, 1.165) is 49.7 Å². The number of hydrogen-bond acceptors (Lipinski definition) is 5. The number of allylic oxidation sites excluding steroid dienone is 1. The minimum atomic E-state index is 0.206. The molecule has 40 heavy (non-hydrogen) atoms. The van der Waals surface area contributed by atoms with Crippen LogP contribution in [0.5, 0.6) is 0 Å². The summed E-state index contributed by atoms with van der Waals surface area (Å²) in [5, 5.41) is 18.7. The number of aromatic nitrogens is 3. The molecule has 1 aromatic heterocycles. The summed E-state index contributed by atoms with van der Waals surface area (Å²) in [6.45, 7) is 0. The van der Waals surface area contributed by atoms with Crippen molar-refractivity contribution in [3.05, 3.63) is 132 Å². The number of nitrogens with zero attached hydrogens (tertiary/aromatic N) is 3. The summed E-state index contributed by atoms with van der Waals surface area (Å²) < 4.78 is 0. The first-order valence-corrected chi connectivity index (χ1v) is 13.0. The van der Waals surface area contributed by atoms with E-state index in [9.17, 15) is 0 Å². The molecule has 0 unspecified atom stereocenters. The van der Waals surface area contributed by atoms with Crippen LogP contribution in [-0.4, -0.2) is 26.4 Å². The Morgan fingerprint density at radius 1 is 0.450 bits per heavy atom. The molecule has 0 aliphatic heterocycles. The molecule has 188 valence electrons. The second-order valence-corrected chi connectivity index (χ2v) is 9.71. The van der Waals surface area contributed by atoms with Crippen LogP contribution < -0.4 is 0 Å². The molecule has 6 aromatic rings. The molecular formula is C35H23N5. The van der Waals surface area contributed by atoms with Gasteiger partial charge in [0.05, 0.1) is 11.4 Å². The Kier molecular flexibility index (Phi) is 5.68. The fraction of sp³-hybridized carbons (Fsp3) is 0. The minimum Gasteiger partial charge on any atom is -0.299 e. The SMILES string of the molecule is N=C1C=Cc2ccc3ccc(-c4nc(-c5ccccc5)nc(-c5cccc(-c6ccccc6)c5)n4)cc3c2C1=N. The molecule has 5 aromatic carbocycles. The minimum absolute atomic E-state index is 0.206. The van der Waals surface area contributed by atoms with Crippen molar-refractivity contribution in [1.29, 1.82) is 10.8 Å². The number of nitrogens with one attached hydrogen (secondary N) is 2. The van der Waals surface area contributed by atoms with Crippen molar-refractivity contribution in [3.8, 4) is 45.3 Å². The van der Waals surface area contributed by atoms with Gasteiger partial charge in [-0.05, 0) is 45.7 Å². The first kappa shape index (κ1) is 23.6. The summed E-state index contributed by atoms with van der Waals surface area (Å²) in [5.74, 6) is 1.74. The van der Waals surface area contributed by atoms with E-state index >= 15 is 0 Å². The smallest absolute Gasteiger partial charge is 0.164 e. The summed E-state index contributed by atoms with van der Waals surface area (Å²) in [4.78, 5) is 14.8. The third kappa shape index (κ3) is 4.20. The molecule has 0 saturated heterocycles. The van der Waals surface area contributed by atoms with E-state index in [1.807, 2.05) is 97.1 Å². The van der Waals surface area contributed by atoms with Crippen molar-refractivity contribution >= 4 is 28.3 Å². The molecule has 0 spiro atoms. The van der Waals surface area contributed by atoms with Crippen molar-refractivity contribution in [2.24, 2.45) is 0 Å². The average Bonchev–Trinajstić information content (AvgIpc) is 3.03. The molecule has 0 saturated carbocycles. The normalized spacial score (nSPS) is 12.5. The van der Waals surface area contributed by atoms with Crippen LogP contribution in [0.4, 0.5) is 0 Å².